The molecule has 1 N–H and O–H groups in total. The third-order valence-electron chi connectivity index (χ3n) is 4.57. The van der Waals surface area contributed by atoms with Crippen LogP contribution in [0.5, 0.6) is 11.5 Å². The van der Waals surface area contributed by atoms with Crippen molar-refractivity contribution in [3.8, 4) is 11.5 Å². The summed E-state index contributed by atoms with van der Waals surface area (Å²) in [6, 6.07) is 5.40. The van der Waals surface area contributed by atoms with E-state index in [1.54, 1.807) is 23.5 Å². The van der Waals surface area contributed by atoms with Crippen molar-refractivity contribution in [2.75, 3.05) is 26.8 Å². The number of methoxy groups -OCH3 is 1. The largest absolute Gasteiger partial charge is 0.493 e. The molecule has 0 atom stereocenters. The Balaban J connectivity index is 1.54. The van der Waals surface area contributed by atoms with E-state index in [0.717, 1.165) is 13.0 Å². The molecule has 28 heavy (non-hydrogen) atoms. The zero-order chi connectivity index (χ0) is 20.1. The SMILES string of the molecule is CCOc1c(Br)cc(C(=O)NCCC(=O)N2CCc3sccc3C2)cc1OC. The standard InChI is InChI=1S/C20H23BrN2O4S/c1-3-27-19-15(21)10-14(11-16(19)26-2)20(25)22-7-4-18(24)23-8-5-17-13(12-23)6-9-28-17/h6,9-11H,3-5,7-8,12H2,1-2H3,(H,22,25). The summed E-state index contributed by atoms with van der Waals surface area (Å²) in [5.74, 6) is 0.850. The Morgan fingerprint density at radius 1 is 1.36 bits per heavy atom. The van der Waals surface area contributed by atoms with Gasteiger partial charge in [-0.25, -0.2) is 0 Å². The summed E-state index contributed by atoms with van der Waals surface area (Å²) in [5.41, 5.74) is 1.68. The number of carbonyl (C=O) groups is 2. The molecule has 0 fully saturated rings. The van der Waals surface area contributed by atoms with Crippen LogP contribution in [-0.2, 0) is 17.8 Å². The first-order chi connectivity index (χ1) is 13.5. The van der Waals surface area contributed by atoms with Gasteiger partial charge in [0.1, 0.15) is 0 Å². The van der Waals surface area contributed by atoms with Gasteiger partial charge in [-0.15, -0.1) is 11.3 Å². The van der Waals surface area contributed by atoms with E-state index in [4.69, 9.17) is 9.47 Å². The van der Waals surface area contributed by atoms with Crippen LogP contribution in [0.3, 0.4) is 0 Å². The number of rotatable bonds is 7. The van der Waals surface area contributed by atoms with Crippen LogP contribution in [0, 0.1) is 0 Å². The lowest BCUT2D eigenvalue weighted by Gasteiger charge is -2.27. The van der Waals surface area contributed by atoms with E-state index < -0.39 is 0 Å². The van der Waals surface area contributed by atoms with Crippen LogP contribution in [0.15, 0.2) is 28.1 Å². The number of carbonyl (C=O) groups excluding carboxylic acids is 2. The number of benzene rings is 1. The average molecular weight is 467 g/mol. The number of ether oxygens (including phenoxy) is 2. The van der Waals surface area contributed by atoms with Gasteiger partial charge in [-0.05, 0) is 58.4 Å². The average Bonchev–Trinajstić information content (AvgIpc) is 3.17. The van der Waals surface area contributed by atoms with E-state index in [2.05, 4.69) is 32.7 Å². The van der Waals surface area contributed by atoms with Gasteiger partial charge in [0.25, 0.3) is 5.91 Å². The molecule has 2 heterocycles. The van der Waals surface area contributed by atoms with Gasteiger partial charge >= 0.3 is 0 Å². The van der Waals surface area contributed by atoms with E-state index in [0.29, 0.717) is 34.7 Å². The molecule has 3 rings (SSSR count). The van der Waals surface area contributed by atoms with Crippen LogP contribution in [-0.4, -0.2) is 43.5 Å². The molecule has 0 unspecified atom stereocenters. The van der Waals surface area contributed by atoms with Crippen molar-refractivity contribution >= 4 is 39.1 Å². The molecule has 2 amide bonds. The second-order valence-corrected chi connectivity index (χ2v) is 8.22. The summed E-state index contributed by atoms with van der Waals surface area (Å²) in [7, 11) is 1.53. The maximum Gasteiger partial charge on any atom is 0.251 e. The third kappa shape index (κ3) is 4.67. The van der Waals surface area contributed by atoms with Gasteiger partial charge in [0.15, 0.2) is 11.5 Å². The molecule has 1 aliphatic heterocycles. The number of hydrogen-bond acceptors (Lipinski definition) is 5. The molecule has 8 heteroatoms. The van der Waals surface area contributed by atoms with Gasteiger partial charge in [-0.3, -0.25) is 9.59 Å². The van der Waals surface area contributed by atoms with Gasteiger partial charge in [0.2, 0.25) is 5.91 Å². The number of fused-ring (bicyclic) bond motifs is 1. The van der Waals surface area contributed by atoms with E-state index in [-0.39, 0.29) is 24.8 Å². The first kappa shape index (κ1) is 20.7. The fraction of sp³-hybridized carbons (Fsp3) is 0.400. The molecule has 150 valence electrons. The summed E-state index contributed by atoms with van der Waals surface area (Å²) >= 11 is 5.17. The van der Waals surface area contributed by atoms with Crippen molar-refractivity contribution in [1.82, 2.24) is 10.2 Å². The summed E-state index contributed by atoms with van der Waals surface area (Å²) in [5, 5.41) is 4.88. The highest BCUT2D eigenvalue weighted by Crippen LogP contribution is 2.36. The van der Waals surface area contributed by atoms with Crippen molar-refractivity contribution in [3.63, 3.8) is 0 Å². The highest BCUT2D eigenvalue weighted by Gasteiger charge is 2.21. The summed E-state index contributed by atoms with van der Waals surface area (Å²) in [4.78, 5) is 28.1. The molecule has 0 spiro atoms. The highest BCUT2D eigenvalue weighted by molar-refractivity contribution is 9.10. The van der Waals surface area contributed by atoms with Gasteiger partial charge < -0.3 is 19.7 Å². The van der Waals surface area contributed by atoms with E-state index >= 15 is 0 Å². The van der Waals surface area contributed by atoms with E-state index in [1.807, 2.05) is 11.8 Å². The number of halogens is 1. The molecular weight excluding hydrogens is 444 g/mol. The van der Waals surface area contributed by atoms with Crippen molar-refractivity contribution in [3.05, 3.63) is 44.1 Å². The molecule has 0 bridgehead atoms. The van der Waals surface area contributed by atoms with Crippen molar-refractivity contribution in [2.24, 2.45) is 0 Å². The molecular formula is C20H23BrN2O4S. The first-order valence-corrected chi connectivity index (χ1v) is 10.8. The van der Waals surface area contributed by atoms with Crippen LogP contribution in [0.25, 0.3) is 0 Å². The Kier molecular flexibility index (Phi) is 6.96. The molecule has 0 radical (unpaired) electrons. The van der Waals surface area contributed by atoms with Gasteiger partial charge in [0.05, 0.1) is 18.2 Å². The number of nitrogens with zero attached hydrogens (tertiary/aromatic N) is 1. The minimum absolute atomic E-state index is 0.0580. The fourth-order valence-corrected chi connectivity index (χ4v) is 4.59. The molecule has 1 aromatic carbocycles. The zero-order valence-electron chi connectivity index (χ0n) is 15.9. The van der Waals surface area contributed by atoms with Crippen molar-refractivity contribution < 1.29 is 19.1 Å². The maximum absolute atomic E-state index is 12.5. The van der Waals surface area contributed by atoms with Gasteiger partial charge in [-0.2, -0.15) is 0 Å². The summed E-state index contributed by atoms with van der Waals surface area (Å²) < 4.78 is 11.5. The van der Waals surface area contributed by atoms with Crippen LogP contribution in [0.4, 0.5) is 0 Å². The Hall–Kier alpha value is -2.06. The number of amides is 2. The molecule has 2 aromatic rings. The molecule has 6 nitrogen and oxygen atoms in total. The maximum atomic E-state index is 12.5. The molecule has 0 aliphatic carbocycles. The second kappa shape index (κ2) is 9.43. The van der Waals surface area contributed by atoms with Crippen molar-refractivity contribution in [2.45, 2.75) is 26.3 Å². The first-order valence-electron chi connectivity index (χ1n) is 9.15. The lowest BCUT2D eigenvalue weighted by atomic mass is 10.1. The second-order valence-electron chi connectivity index (χ2n) is 6.36. The number of nitrogens with one attached hydrogen (secondary N) is 1. The Labute approximate surface area is 176 Å². The fourth-order valence-electron chi connectivity index (χ4n) is 3.14. The molecule has 0 saturated carbocycles. The minimum Gasteiger partial charge on any atom is -0.493 e. The quantitative estimate of drug-likeness (QED) is 0.676. The lowest BCUT2D eigenvalue weighted by Crippen LogP contribution is -2.37. The zero-order valence-corrected chi connectivity index (χ0v) is 18.3. The van der Waals surface area contributed by atoms with Crippen LogP contribution >= 0.6 is 27.3 Å². The van der Waals surface area contributed by atoms with E-state index in [9.17, 15) is 9.59 Å². The van der Waals surface area contributed by atoms with Crippen LogP contribution < -0.4 is 14.8 Å². The Morgan fingerprint density at radius 2 is 2.18 bits per heavy atom. The Morgan fingerprint density at radius 3 is 2.93 bits per heavy atom. The van der Waals surface area contributed by atoms with E-state index in [1.165, 1.54) is 17.6 Å². The monoisotopic (exact) mass is 466 g/mol. The Bertz CT molecular complexity index is 868. The molecule has 1 aromatic heterocycles. The normalized spacial score (nSPS) is 13.0. The van der Waals surface area contributed by atoms with Crippen LogP contribution in [0.1, 0.15) is 34.1 Å². The third-order valence-corrected chi connectivity index (χ3v) is 6.18. The van der Waals surface area contributed by atoms with Gasteiger partial charge in [0, 0.05) is 36.5 Å². The number of hydrogen-bond donors (Lipinski definition) is 1. The van der Waals surface area contributed by atoms with Crippen LogP contribution in [0.2, 0.25) is 0 Å². The van der Waals surface area contributed by atoms with Crippen molar-refractivity contribution in [1.29, 1.82) is 0 Å². The minimum atomic E-state index is -0.256. The topological polar surface area (TPSA) is 67.9 Å². The molecule has 0 saturated heterocycles. The smallest absolute Gasteiger partial charge is 0.251 e. The lowest BCUT2D eigenvalue weighted by molar-refractivity contribution is -0.131. The highest BCUT2D eigenvalue weighted by atomic mass is 79.9. The summed E-state index contributed by atoms with van der Waals surface area (Å²) in [6.45, 7) is 4.06. The summed E-state index contributed by atoms with van der Waals surface area (Å²) in [6.07, 6.45) is 1.19. The predicted octanol–water partition coefficient (Wildman–Crippen LogP) is 3.62. The molecule has 1 aliphatic rings. The predicted molar refractivity (Wildman–Crippen MR) is 112 cm³/mol. The number of thiophene rings is 1. The van der Waals surface area contributed by atoms with Gasteiger partial charge in [-0.1, -0.05) is 0 Å².